The summed E-state index contributed by atoms with van der Waals surface area (Å²) < 4.78 is 6.14. The van der Waals surface area contributed by atoms with E-state index in [2.05, 4.69) is 26.8 Å². The van der Waals surface area contributed by atoms with Crippen molar-refractivity contribution in [3.05, 3.63) is 12.2 Å². The molecular weight excluding hydrogens is 348 g/mol. The number of fused-ring (bicyclic) bond motifs is 2. The molecule has 2 bridgehead atoms. The summed E-state index contributed by atoms with van der Waals surface area (Å²) in [6.07, 6.45) is 11.0. The highest BCUT2D eigenvalue weighted by Crippen LogP contribution is 2.45. The second-order valence-electron chi connectivity index (χ2n) is 8.53. The van der Waals surface area contributed by atoms with E-state index in [0.29, 0.717) is 24.0 Å². The number of aliphatic hydroxyl groups is 1. The van der Waals surface area contributed by atoms with Crippen LogP contribution in [0.15, 0.2) is 12.2 Å². The quantitative estimate of drug-likeness (QED) is 0.383. The number of hydrogen-bond donors (Lipinski definition) is 2. The molecule has 0 aromatic carbocycles. The fourth-order valence-corrected chi connectivity index (χ4v) is 5.34. The number of carbonyl (C=O) groups is 1. The van der Waals surface area contributed by atoms with Crippen LogP contribution in [0, 0.1) is 17.3 Å². The Morgan fingerprint density at radius 1 is 1.31 bits per heavy atom. The molecule has 2 aliphatic rings. The molecule has 0 amide bonds. The van der Waals surface area contributed by atoms with Gasteiger partial charge in [-0.1, -0.05) is 45.8 Å². The molecule has 150 valence electrons. The Kier molecular flexibility index (Phi) is 8.49. The number of thioether (sulfide) groups is 1. The second-order valence-corrected chi connectivity index (χ2v) is 9.68. The van der Waals surface area contributed by atoms with Gasteiger partial charge >= 0.3 is 5.97 Å². The lowest BCUT2D eigenvalue weighted by Gasteiger charge is -2.30. The lowest BCUT2D eigenvalue weighted by molar-refractivity contribution is -0.137. The van der Waals surface area contributed by atoms with Crippen molar-refractivity contribution in [1.29, 1.82) is 0 Å². The number of carboxylic acids is 1. The number of rotatable bonds is 12. The molecule has 2 fully saturated rings. The molecule has 2 heterocycles. The lowest BCUT2D eigenvalue weighted by atomic mass is 9.78. The Labute approximate surface area is 162 Å². The highest BCUT2D eigenvalue weighted by atomic mass is 32.2. The van der Waals surface area contributed by atoms with E-state index in [4.69, 9.17) is 9.84 Å². The summed E-state index contributed by atoms with van der Waals surface area (Å²) in [5.41, 5.74) is -0.0912. The molecule has 2 aliphatic heterocycles. The number of aliphatic carboxylic acids is 1. The summed E-state index contributed by atoms with van der Waals surface area (Å²) in [6.45, 7) is 6.47. The van der Waals surface area contributed by atoms with Gasteiger partial charge in [-0.15, -0.1) is 0 Å². The van der Waals surface area contributed by atoms with E-state index in [0.717, 1.165) is 50.0 Å². The predicted octanol–water partition coefficient (Wildman–Crippen LogP) is 4.51. The average molecular weight is 385 g/mol. The van der Waals surface area contributed by atoms with Gasteiger partial charge in [-0.05, 0) is 42.6 Å². The van der Waals surface area contributed by atoms with Gasteiger partial charge in [0.2, 0.25) is 0 Å². The maximum atomic E-state index is 10.6. The van der Waals surface area contributed by atoms with Gasteiger partial charge in [0.05, 0.1) is 18.3 Å². The first-order valence-corrected chi connectivity index (χ1v) is 11.3. The van der Waals surface area contributed by atoms with Crippen molar-refractivity contribution in [3.63, 3.8) is 0 Å². The third-order valence-corrected chi connectivity index (χ3v) is 7.17. The van der Waals surface area contributed by atoms with Crippen LogP contribution in [0.3, 0.4) is 0 Å². The standard InChI is InChI=1S/C21H36O4S/c1-4-5-12-21(2,3)19(22)11-8-15-16(18-10-9-17(15)25-18)14-26-13-6-7-20(23)24/h8,11,15-19,22H,4-7,9-10,12-14H2,1-3H3,(H,23,24)/t15-,16+,17-,18+,19?/m1/s1. The summed E-state index contributed by atoms with van der Waals surface area (Å²) in [5, 5.41) is 19.4. The molecule has 0 saturated carbocycles. The van der Waals surface area contributed by atoms with Crippen molar-refractivity contribution < 1.29 is 19.7 Å². The summed E-state index contributed by atoms with van der Waals surface area (Å²) in [4.78, 5) is 10.6. The number of ether oxygens (including phenoxy) is 1. The smallest absolute Gasteiger partial charge is 0.303 e. The van der Waals surface area contributed by atoms with Gasteiger partial charge in [0, 0.05) is 18.3 Å². The topological polar surface area (TPSA) is 66.8 Å². The molecule has 0 aromatic rings. The van der Waals surface area contributed by atoms with E-state index < -0.39 is 12.1 Å². The SMILES string of the molecule is CCCCC(C)(C)C(O)C=C[C@@H]1[C@H](CSCCCC(=O)O)[C@@H]2CC[C@H]1O2. The Bertz CT molecular complexity index is 477. The third-order valence-electron chi connectivity index (χ3n) is 5.97. The van der Waals surface area contributed by atoms with Gasteiger partial charge in [0.25, 0.3) is 0 Å². The van der Waals surface area contributed by atoms with Crippen LogP contribution in [0.1, 0.15) is 65.7 Å². The molecule has 5 heteroatoms. The molecule has 0 radical (unpaired) electrons. The Morgan fingerprint density at radius 2 is 2.04 bits per heavy atom. The zero-order valence-corrected chi connectivity index (χ0v) is 17.3. The summed E-state index contributed by atoms with van der Waals surface area (Å²) in [5.74, 6) is 2.08. The van der Waals surface area contributed by atoms with E-state index in [9.17, 15) is 9.90 Å². The zero-order valence-electron chi connectivity index (χ0n) is 16.5. The third kappa shape index (κ3) is 6.00. The van der Waals surface area contributed by atoms with Crippen LogP contribution in [0.4, 0.5) is 0 Å². The highest BCUT2D eigenvalue weighted by molar-refractivity contribution is 7.99. The molecule has 0 aromatic heterocycles. The van der Waals surface area contributed by atoms with E-state index in [-0.39, 0.29) is 11.8 Å². The van der Waals surface area contributed by atoms with E-state index >= 15 is 0 Å². The molecule has 5 atom stereocenters. The minimum Gasteiger partial charge on any atom is -0.481 e. The average Bonchev–Trinajstić information content (AvgIpc) is 3.19. The summed E-state index contributed by atoms with van der Waals surface area (Å²) in [6, 6.07) is 0. The van der Waals surface area contributed by atoms with Gasteiger partial charge < -0.3 is 14.9 Å². The minimum absolute atomic E-state index is 0.0912. The molecular formula is C21H36O4S. The molecule has 26 heavy (non-hydrogen) atoms. The Hall–Kier alpha value is -0.520. The molecule has 2 saturated heterocycles. The van der Waals surface area contributed by atoms with Crippen molar-refractivity contribution in [1.82, 2.24) is 0 Å². The van der Waals surface area contributed by atoms with Gasteiger partial charge in [-0.25, -0.2) is 0 Å². The summed E-state index contributed by atoms with van der Waals surface area (Å²) >= 11 is 1.85. The Morgan fingerprint density at radius 3 is 2.73 bits per heavy atom. The van der Waals surface area contributed by atoms with Crippen LogP contribution >= 0.6 is 11.8 Å². The van der Waals surface area contributed by atoms with Crippen molar-refractivity contribution in [2.24, 2.45) is 17.3 Å². The van der Waals surface area contributed by atoms with E-state index in [1.165, 1.54) is 0 Å². The second kappa shape index (κ2) is 10.1. The zero-order chi connectivity index (χ0) is 19.2. The van der Waals surface area contributed by atoms with Crippen LogP contribution in [0.5, 0.6) is 0 Å². The number of hydrogen-bond acceptors (Lipinski definition) is 4. The van der Waals surface area contributed by atoms with Crippen molar-refractivity contribution in [3.8, 4) is 0 Å². The monoisotopic (exact) mass is 384 g/mol. The molecule has 1 unspecified atom stereocenters. The first-order chi connectivity index (χ1) is 12.3. The number of aliphatic hydroxyl groups excluding tert-OH is 1. The summed E-state index contributed by atoms with van der Waals surface area (Å²) in [7, 11) is 0. The predicted molar refractivity (Wildman–Crippen MR) is 108 cm³/mol. The lowest BCUT2D eigenvalue weighted by Crippen LogP contribution is -2.30. The van der Waals surface area contributed by atoms with Gasteiger partial charge in [-0.2, -0.15) is 11.8 Å². The fourth-order valence-electron chi connectivity index (χ4n) is 4.12. The molecule has 4 nitrogen and oxygen atoms in total. The normalized spacial score (nSPS) is 29.5. The fraction of sp³-hybridized carbons (Fsp3) is 0.857. The van der Waals surface area contributed by atoms with Crippen LogP contribution < -0.4 is 0 Å². The van der Waals surface area contributed by atoms with E-state index in [1.807, 2.05) is 17.8 Å². The van der Waals surface area contributed by atoms with Crippen LogP contribution in [-0.2, 0) is 9.53 Å². The highest BCUT2D eigenvalue weighted by Gasteiger charge is 2.47. The molecule has 2 N–H and O–H groups in total. The molecule has 2 rings (SSSR count). The molecule has 0 spiro atoms. The van der Waals surface area contributed by atoms with Crippen LogP contribution in [-0.4, -0.2) is 46.0 Å². The van der Waals surface area contributed by atoms with Crippen LogP contribution in [0.2, 0.25) is 0 Å². The first-order valence-electron chi connectivity index (χ1n) is 10.2. The largest absolute Gasteiger partial charge is 0.481 e. The van der Waals surface area contributed by atoms with Gasteiger partial charge in [0.1, 0.15) is 0 Å². The molecule has 0 aliphatic carbocycles. The van der Waals surface area contributed by atoms with Crippen LogP contribution in [0.25, 0.3) is 0 Å². The van der Waals surface area contributed by atoms with E-state index in [1.54, 1.807) is 0 Å². The number of unbranched alkanes of at least 4 members (excludes halogenated alkanes) is 1. The maximum absolute atomic E-state index is 10.6. The number of carboxylic acid groups (broad SMARTS) is 1. The van der Waals surface area contributed by atoms with Gasteiger partial charge in [-0.3, -0.25) is 4.79 Å². The van der Waals surface area contributed by atoms with Crippen molar-refractivity contribution in [2.75, 3.05) is 11.5 Å². The van der Waals surface area contributed by atoms with Gasteiger partial charge in [0.15, 0.2) is 0 Å². The Balaban J connectivity index is 1.86. The minimum atomic E-state index is -0.714. The van der Waals surface area contributed by atoms with Crippen molar-refractivity contribution in [2.45, 2.75) is 84.0 Å². The van der Waals surface area contributed by atoms with Crippen molar-refractivity contribution >= 4 is 17.7 Å². The maximum Gasteiger partial charge on any atom is 0.303 e. The first kappa shape index (κ1) is 21.8.